The third-order valence-corrected chi connectivity index (χ3v) is 5.64. The quantitative estimate of drug-likeness (QED) is 0.550. The molecule has 1 aliphatic rings. The van der Waals surface area contributed by atoms with Gasteiger partial charge in [-0.15, -0.1) is 0 Å². The van der Waals surface area contributed by atoms with Gasteiger partial charge in [-0.3, -0.25) is 0 Å². The van der Waals surface area contributed by atoms with Crippen LogP contribution in [0.3, 0.4) is 0 Å². The first-order valence-corrected chi connectivity index (χ1v) is 10.2. The Bertz CT molecular complexity index is 1140. The highest BCUT2D eigenvalue weighted by atomic mass is 19.1. The van der Waals surface area contributed by atoms with E-state index in [4.69, 9.17) is 4.74 Å². The molecule has 0 heterocycles. The monoisotopic (exact) mass is 453 g/mol. The highest BCUT2D eigenvalue weighted by Crippen LogP contribution is 2.44. The Hall–Kier alpha value is -3.94. The Morgan fingerprint density at radius 2 is 1.55 bits per heavy atom. The van der Waals surface area contributed by atoms with Crippen LogP contribution in [-0.2, 0) is 16.0 Å². The molecule has 1 aliphatic carbocycles. The maximum Gasteiger partial charge on any atom is 0.407 e. The molecule has 170 valence electrons. The molecule has 0 aromatic heterocycles. The predicted molar refractivity (Wildman–Crippen MR) is 116 cm³/mol. The number of hydrogen-bond donors (Lipinski definition) is 2. The molecule has 0 fully saturated rings. The number of amides is 1. The molecule has 0 bridgehead atoms. The maximum atomic E-state index is 13.9. The molecule has 3 aromatic rings. The Kier molecular flexibility index (Phi) is 6.26. The second-order valence-corrected chi connectivity index (χ2v) is 7.66. The summed E-state index contributed by atoms with van der Waals surface area (Å²) in [7, 11) is 1.12. The van der Waals surface area contributed by atoms with Crippen LogP contribution < -0.4 is 10.1 Å². The lowest BCUT2D eigenvalue weighted by molar-refractivity contribution is -0.139. The van der Waals surface area contributed by atoms with Crippen molar-refractivity contribution in [1.29, 1.82) is 0 Å². The van der Waals surface area contributed by atoms with Gasteiger partial charge in [0.15, 0.2) is 17.4 Å². The number of rotatable bonds is 7. The van der Waals surface area contributed by atoms with Gasteiger partial charge in [0.1, 0.15) is 12.6 Å². The van der Waals surface area contributed by atoms with Crippen LogP contribution in [0.25, 0.3) is 11.1 Å². The molecule has 6 nitrogen and oxygen atoms in total. The number of nitrogens with one attached hydrogen (secondary N) is 1. The Morgan fingerprint density at radius 1 is 1.00 bits per heavy atom. The predicted octanol–water partition coefficient (Wildman–Crippen LogP) is 4.51. The minimum absolute atomic E-state index is 0.0119. The molecule has 2 N–H and O–H groups in total. The molecule has 1 amide bonds. The third kappa shape index (κ3) is 4.50. The van der Waals surface area contributed by atoms with E-state index in [1.807, 2.05) is 48.5 Å². The van der Waals surface area contributed by atoms with Crippen molar-refractivity contribution in [1.82, 2.24) is 5.32 Å². The molecular weight excluding hydrogens is 432 g/mol. The van der Waals surface area contributed by atoms with E-state index in [0.717, 1.165) is 41.5 Å². The lowest BCUT2D eigenvalue weighted by atomic mass is 9.98. The molecule has 0 saturated carbocycles. The topological polar surface area (TPSA) is 84.9 Å². The van der Waals surface area contributed by atoms with Crippen molar-refractivity contribution in [3.05, 3.63) is 89.0 Å². The Balaban J connectivity index is 1.44. The van der Waals surface area contributed by atoms with E-state index in [9.17, 15) is 23.5 Å². The summed E-state index contributed by atoms with van der Waals surface area (Å²) in [6.45, 7) is 0.0119. The van der Waals surface area contributed by atoms with Crippen LogP contribution in [0.15, 0.2) is 60.7 Å². The van der Waals surface area contributed by atoms with Gasteiger partial charge in [-0.25, -0.2) is 18.4 Å². The van der Waals surface area contributed by atoms with Gasteiger partial charge in [0.25, 0.3) is 0 Å². The van der Waals surface area contributed by atoms with Crippen molar-refractivity contribution < 1.29 is 33.0 Å². The molecule has 0 saturated heterocycles. The summed E-state index contributed by atoms with van der Waals surface area (Å²) < 4.78 is 37.9. The molecule has 0 spiro atoms. The van der Waals surface area contributed by atoms with Crippen LogP contribution in [0.5, 0.6) is 5.75 Å². The minimum Gasteiger partial charge on any atom is -0.491 e. The summed E-state index contributed by atoms with van der Waals surface area (Å²) in [5.41, 5.74) is 4.22. The minimum atomic E-state index is -1.44. The summed E-state index contributed by atoms with van der Waals surface area (Å²) in [4.78, 5) is 24.0. The molecule has 4 rings (SSSR count). The van der Waals surface area contributed by atoms with Crippen molar-refractivity contribution in [3.8, 4) is 16.9 Å². The smallest absolute Gasteiger partial charge is 0.407 e. The van der Waals surface area contributed by atoms with E-state index >= 15 is 0 Å². The summed E-state index contributed by atoms with van der Waals surface area (Å²) in [6.07, 6.45) is -1.27. The van der Waals surface area contributed by atoms with Gasteiger partial charge >= 0.3 is 12.1 Å². The van der Waals surface area contributed by atoms with Crippen LogP contribution in [-0.4, -0.2) is 36.9 Å². The lowest BCUT2D eigenvalue weighted by Crippen LogP contribution is -2.43. The van der Waals surface area contributed by atoms with Crippen molar-refractivity contribution in [2.24, 2.45) is 0 Å². The number of carbonyl (C=O) groups excluding carboxylic acids is 1. The van der Waals surface area contributed by atoms with Crippen LogP contribution in [0.4, 0.5) is 13.6 Å². The van der Waals surface area contributed by atoms with Crippen molar-refractivity contribution >= 4 is 12.1 Å². The normalized spacial score (nSPS) is 13.1. The van der Waals surface area contributed by atoms with Crippen molar-refractivity contribution in [2.75, 3.05) is 13.7 Å². The molecule has 1 unspecified atom stereocenters. The standard InChI is InChI=1S/C25H21F2NO5/c1-32-23-20(26)10-14(11-21(23)27)12-22(24(29)30)28-25(31)33-13-19-17-8-4-2-6-15(17)16-7-3-5-9-18(16)19/h2-11,19,22H,12-13H2,1H3,(H,28,31)(H,29,30). The molecule has 8 heteroatoms. The average Bonchev–Trinajstić information content (AvgIpc) is 3.11. The first kappa shape index (κ1) is 22.3. The fourth-order valence-corrected chi connectivity index (χ4v) is 4.14. The fourth-order valence-electron chi connectivity index (χ4n) is 4.14. The highest BCUT2D eigenvalue weighted by Gasteiger charge is 2.30. The van der Waals surface area contributed by atoms with Crippen LogP contribution in [0.1, 0.15) is 22.6 Å². The number of carboxylic acid groups (broad SMARTS) is 1. The molecule has 3 aromatic carbocycles. The highest BCUT2D eigenvalue weighted by molar-refractivity contribution is 5.81. The zero-order valence-corrected chi connectivity index (χ0v) is 17.7. The van der Waals surface area contributed by atoms with Crippen molar-refractivity contribution in [2.45, 2.75) is 18.4 Å². The van der Waals surface area contributed by atoms with Gasteiger partial charge in [0, 0.05) is 12.3 Å². The average molecular weight is 453 g/mol. The van der Waals surface area contributed by atoms with E-state index in [-0.39, 0.29) is 24.5 Å². The van der Waals surface area contributed by atoms with Crippen molar-refractivity contribution in [3.63, 3.8) is 0 Å². The number of halogens is 2. The molecular formula is C25H21F2NO5. The van der Waals surface area contributed by atoms with E-state index in [1.54, 1.807) is 0 Å². The number of methoxy groups -OCH3 is 1. The van der Waals surface area contributed by atoms with E-state index < -0.39 is 35.5 Å². The van der Waals surface area contributed by atoms with E-state index in [2.05, 4.69) is 10.1 Å². The van der Waals surface area contributed by atoms with Gasteiger partial charge in [-0.05, 0) is 39.9 Å². The Labute approximate surface area is 188 Å². The summed E-state index contributed by atoms with van der Waals surface area (Å²) in [5.74, 6) is -4.03. The molecule has 33 heavy (non-hydrogen) atoms. The molecule has 0 aliphatic heterocycles. The summed E-state index contributed by atoms with van der Waals surface area (Å²) in [5, 5.41) is 11.7. The van der Waals surface area contributed by atoms with Gasteiger partial charge in [0.05, 0.1) is 7.11 Å². The summed E-state index contributed by atoms with van der Waals surface area (Å²) >= 11 is 0. The number of benzene rings is 3. The molecule has 1 atom stereocenters. The Morgan fingerprint density at radius 3 is 2.06 bits per heavy atom. The van der Waals surface area contributed by atoms with Crippen LogP contribution in [0.2, 0.25) is 0 Å². The number of ether oxygens (including phenoxy) is 2. The second-order valence-electron chi connectivity index (χ2n) is 7.66. The van der Waals surface area contributed by atoms with E-state index in [0.29, 0.717) is 0 Å². The maximum absolute atomic E-state index is 13.9. The van der Waals surface area contributed by atoms with Gasteiger partial charge in [0.2, 0.25) is 0 Å². The first-order valence-electron chi connectivity index (χ1n) is 10.2. The largest absolute Gasteiger partial charge is 0.491 e. The number of carboxylic acids is 1. The third-order valence-electron chi connectivity index (χ3n) is 5.64. The SMILES string of the molecule is COc1c(F)cc(CC(NC(=O)OCC2c3ccccc3-c3ccccc32)C(=O)O)cc1F. The zero-order chi connectivity index (χ0) is 23.5. The lowest BCUT2D eigenvalue weighted by Gasteiger charge is -2.18. The second kappa shape index (κ2) is 9.28. The summed E-state index contributed by atoms with van der Waals surface area (Å²) in [6, 6.07) is 16.1. The number of carbonyl (C=O) groups is 2. The number of alkyl carbamates (subject to hydrolysis) is 1. The van der Waals surface area contributed by atoms with Gasteiger partial charge < -0.3 is 19.9 Å². The van der Waals surface area contributed by atoms with Crippen LogP contribution >= 0.6 is 0 Å². The van der Waals surface area contributed by atoms with Crippen LogP contribution in [0, 0.1) is 11.6 Å². The number of hydrogen-bond acceptors (Lipinski definition) is 4. The number of fused-ring (bicyclic) bond motifs is 3. The number of aliphatic carboxylic acids is 1. The van der Waals surface area contributed by atoms with E-state index in [1.165, 1.54) is 0 Å². The fraction of sp³-hybridized carbons (Fsp3) is 0.200. The van der Waals surface area contributed by atoms with Gasteiger partial charge in [-0.2, -0.15) is 0 Å². The van der Waals surface area contributed by atoms with Gasteiger partial charge in [-0.1, -0.05) is 48.5 Å². The molecule has 0 radical (unpaired) electrons. The zero-order valence-electron chi connectivity index (χ0n) is 17.7. The first-order chi connectivity index (χ1) is 15.9.